The van der Waals surface area contributed by atoms with Crippen molar-refractivity contribution < 1.29 is 4.79 Å². The number of hydrogen-bond donors (Lipinski definition) is 2. The van der Waals surface area contributed by atoms with E-state index in [2.05, 4.69) is 16.7 Å². The molecule has 0 bridgehead atoms. The minimum Gasteiger partial charge on any atom is -0.324 e. The molecule has 1 aromatic carbocycles. The molecule has 0 aromatic heterocycles. The van der Waals surface area contributed by atoms with Gasteiger partial charge in [-0.2, -0.15) is 5.26 Å². The van der Waals surface area contributed by atoms with Gasteiger partial charge in [-0.1, -0.05) is 6.07 Å². The lowest BCUT2D eigenvalue weighted by Crippen LogP contribution is -2.20. The van der Waals surface area contributed by atoms with Crippen molar-refractivity contribution >= 4 is 23.4 Å². The molecule has 1 unspecified atom stereocenters. The van der Waals surface area contributed by atoms with Gasteiger partial charge in [-0.05, 0) is 24.7 Å². The van der Waals surface area contributed by atoms with Gasteiger partial charge in [0.15, 0.2) is 0 Å². The number of carbonyl (C=O) groups excluding carboxylic acids is 1. The van der Waals surface area contributed by atoms with E-state index in [1.807, 2.05) is 18.2 Å². The minimum atomic E-state index is -0.339. The second-order valence-electron chi connectivity index (χ2n) is 3.44. The third-order valence-corrected chi connectivity index (χ3v) is 3.46. The Morgan fingerprint density at radius 2 is 2.44 bits per heavy atom. The number of nitrogens with one attached hydrogen (secondary N) is 2. The summed E-state index contributed by atoms with van der Waals surface area (Å²) in [4.78, 5) is 12.3. The van der Waals surface area contributed by atoms with Gasteiger partial charge in [0.2, 0.25) is 5.91 Å². The Morgan fingerprint density at radius 3 is 3.12 bits per heavy atom. The summed E-state index contributed by atoms with van der Waals surface area (Å²) in [6.45, 7) is 0. The molecule has 1 amide bonds. The predicted molar refractivity (Wildman–Crippen MR) is 63.2 cm³/mol. The molecular formula is C11H11N3OS. The fourth-order valence-electron chi connectivity index (χ4n) is 1.59. The standard InChI is InChI=1S/C11H11N3OS/c1-13-9(5-12)7-2-3-10-8(4-7)14-11(15)6-16-10/h2-4,9,13H,6H2,1H3,(H,14,15). The van der Waals surface area contributed by atoms with Crippen LogP contribution in [0.25, 0.3) is 0 Å². The lowest BCUT2D eigenvalue weighted by Gasteiger charge is -2.18. The molecular weight excluding hydrogens is 222 g/mol. The van der Waals surface area contributed by atoms with Crippen molar-refractivity contribution in [3.05, 3.63) is 23.8 Å². The number of thioether (sulfide) groups is 1. The van der Waals surface area contributed by atoms with Crippen LogP contribution >= 0.6 is 11.8 Å². The first kappa shape index (κ1) is 11.0. The number of amides is 1. The van der Waals surface area contributed by atoms with Crippen molar-refractivity contribution in [3.63, 3.8) is 0 Å². The highest BCUT2D eigenvalue weighted by atomic mass is 32.2. The van der Waals surface area contributed by atoms with E-state index in [1.54, 1.807) is 7.05 Å². The van der Waals surface area contributed by atoms with Crippen LogP contribution in [0.2, 0.25) is 0 Å². The number of rotatable bonds is 2. The second-order valence-corrected chi connectivity index (χ2v) is 4.46. The van der Waals surface area contributed by atoms with Crippen molar-refractivity contribution in [3.8, 4) is 6.07 Å². The molecule has 0 spiro atoms. The summed E-state index contributed by atoms with van der Waals surface area (Å²) in [5, 5.41) is 14.6. The molecule has 1 aliphatic heterocycles. The molecule has 4 nitrogen and oxygen atoms in total. The fraction of sp³-hybridized carbons (Fsp3) is 0.273. The maximum absolute atomic E-state index is 11.2. The van der Waals surface area contributed by atoms with Crippen molar-refractivity contribution in [2.45, 2.75) is 10.9 Å². The Balaban J connectivity index is 2.35. The maximum Gasteiger partial charge on any atom is 0.234 e. The van der Waals surface area contributed by atoms with E-state index >= 15 is 0 Å². The highest BCUT2D eigenvalue weighted by Gasteiger charge is 2.17. The van der Waals surface area contributed by atoms with Crippen LogP contribution in [0.4, 0.5) is 5.69 Å². The maximum atomic E-state index is 11.2. The molecule has 2 N–H and O–H groups in total. The van der Waals surface area contributed by atoms with Crippen LogP contribution < -0.4 is 10.6 Å². The molecule has 5 heteroatoms. The first-order chi connectivity index (χ1) is 7.74. The zero-order valence-corrected chi connectivity index (χ0v) is 9.60. The molecule has 2 rings (SSSR count). The van der Waals surface area contributed by atoms with Gasteiger partial charge in [0, 0.05) is 4.90 Å². The zero-order chi connectivity index (χ0) is 11.5. The van der Waals surface area contributed by atoms with Crippen LogP contribution in [-0.2, 0) is 4.79 Å². The first-order valence-corrected chi connectivity index (χ1v) is 5.86. The van der Waals surface area contributed by atoms with E-state index < -0.39 is 0 Å². The zero-order valence-electron chi connectivity index (χ0n) is 8.78. The summed E-state index contributed by atoms with van der Waals surface area (Å²) in [6, 6.07) is 7.52. The lowest BCUT2D eigenvalue weighted by atomic mass is 10.1. The Bertz CT molecular complexity index is 467. The van der Waals surface area contributed by atoms with Crippen LogP contribution in [0.5, 0.6) is 0 Å². The molecule has 1 atom stereocenters. The van der Waals surface area contributed by atoms with Crippen molar-refractivity contribution in [1.82, 2.24) is 5.32 Å². The van der Waals surface area contributed by atoms with Crippen LogP contribution in [-0.4, -0.2) is 18.7 Å². The van der Waals surface area contributed by atoms with Gasteiger partial charge in [-0.15, -0.1) is 11.8 Å². The van der Waals surface area contributed by atoms with Gasteiger partial charge >= 0.3 is 0 Å². The molecule has 82 valence electrons. The number of benzene rings is 1. The van der Waals surface area contributed by atoms with Gasteiger partial charge in [-0.25, -0.2) is 0 Å². The largest absolute Gasteiger partial charge is 0.324 e. The predicted octanol–water partition coefficient (Wildman–Crippen LogP) is 1.51. The van der Waals surface area contributed by atoms with Crippen molar-refractivity contribution in [2.24, 2.45) is 0 Å². The van der Waals surface area contributed by atoms with Crippen LogP contribution in [0, 0.1) is 11.3 Å². The molecule has 0 saturated heterocycles. The summed E-state index contributed by atoms with van der Waals surface area (Å²) in [5.41, 5.74) is 1.67. The molecule has 0 saturated carbocycles. The highest BCUT2D eigenvalue weighted by molar-refractivity contribution is 8.00. The van der Waals surface area contributed by atoms with Gasteiger partial charge in [0.1, 0.15) is 6.04 Å². The number of anilines is 1. The fourth-order valence-corrected chi connectivity index (χ4v) is 2.37. The summed E-state index contributed by atoms with van der Waals surface area (Å²) >= 11 is 1.52. The van der Waals surface area contributed by atoms with Gasteiger partial charge < -0.3 is 10.6 Å². The Hall–Kier alpha value is -1.51. The van der Waals surface area contributed by atoms with E-state index in [-0.39, 0.29) is 11.9 Å². The Labute approximate surface area is 98.0 Å². The Kier molecular flexibility index (Phi) is 3.13. The highest BCUT2D eigenvalue weighted by Crippen LogP contribution is 2.33. The van der Waals surface area contributed by atoms with E-state index in [0.717, 1.165) is 16.1 Å². The monoisotopic (exact) mass is 233 g/mol. The number of nitriles is 1. The van der Waals surface area contributed by atoms with Crippen LogP contribution in [0.1, 0.15) is 11.6 Å². The first-order valence-electron chi connectivity index (χ1n) is 4.88. The van der Waals surface area contributed by atoms with E-state index in [0.29, 0.717) is 5.75 Å². The molecule has 1 aliphatic rings. The molecule has 0 aliphatic carbocycles. The molecule has 0 fully saturated rings. The number of fused-ring (bicyclic) bond motifs is 1. The smallest absolute Gasteiger partial charge is 0.234 e. The van der Waals surface area contributed by atoms with E-state index in [4.69, 9.17) is 5.26 Å². The summed E-state index contributed by atoms with van der Waals surface area (Å²) in [5.74, 6) is 0.465. The SMILES string of the molecule is CNC(C#N)c1ccc2c(c1)NC(=O)CS2. The third kappa shape index (κ3) is 2.03. The van der Waals surface area contributed by atoms with Gasteiger partial charge in [0.25, 0.3) is 0 Å². The van der Waals surface area contributed by atoms with Crippen molar-refractivity contribution in [1.29, 1.82) is 5.26 Å². The van der Waals surface area contributed by atoms with Gasteiger partial charge in [0.05, 0.1) is 17.5 Å². The second kappa shape index (κ2) is 4.56. The quantitative estimate of drug-likeness (QED) is 0.812. The number of carbonyl (C=O) groups is 1. The Morgan fingerprint density at radius 1 is 1.62 bits per heavy atom. The molecule has 1 heterocycles. The van der Waals surface area contributed by atoms with Crippen LogP contribution in [0.15, 0.2) is 23.1 Å². The lowest BCUT2D eigenvalue weighted by molar-refractivity contribution is -0.113. The van der Waals surface area contributed by atoms with E-state index in [1.165, 1.54) is 11.8 Å². The average molecular weight is 233 g/mol. The normalized spacial score (nSPS) is 15.9. The molecule has 1 aromatic rings. The van der Waals surface area contributed by atoms with Crippen LogP contribution in [0.3, 0.4) is 0 Å². The van der Waals surface area contributed by atoms with Crippen molar-refractivity contribution in [2.75, 3.05) is 18.1 Å². The molecule has 0 radical (unpaired) electrons. The number of hydrogen-bond acceptors (Lipinski definition) is 4. The number of nitrogens with zero attached hydrogens (tertiary/aromatic N) is 1. The topological polar surface area (TPSA) is 64.9 Å². The van der Waals surface area contributed by atoms with Gasteiger partial charge in [-0.3, -0.25) is 4.79 Å². The third-order valence-electron chi connectivity index (χ3n) is 2.39. The summed E-state index contributed by atoms with van der Waals surface area (Å²) in [7, 11) is 1.74. The summed E-state index contributed by atoms with van der Waals surface area (Å²) in [6.07, 6.45) is 0. The molecule has 16 heavy (non-hydrogen) atoms. The average Bonchev–Trinajstić information content (AvgIpc) is 2.30. The minimum absolute atomic E-state index is 0.00705. The summed E-state index contributed by atoms with van der Waals surface area (Å²) < 4.78 is 0. The van der Waals surface area contributed by atoms with E-state index in [9.17, 15) is 4.79 Å².